The van der Waals surface area contributed by atoms with Gasteiger partial charge in [0.1, 0.15) is 5.75 Å². The minimum Gasteiger partial charge on any atom is -0.496 e. The van der Waals surface area contributed by atoms with Crippen LogP contribution in [0.2, 0.25) is 0 Å². The average Bonchev–Trinajstić information content (AvgIpc) is 3.09. The van der Waals surface area contributed by atoms with Crippen LogP contribution in [0.3, 0.4) is 0 Å². The van der Waals surface area contributed by atoms with E-state index < -0.39 is 0 Å². The Morgan fingerprint density at radius 3 is 2.91 bits per heavy atom. The molecule has 0 aliphatic carbocycles. The maximum absolute atomic E-state index is 8.93. The molecule has 6 heteroatoms. The number of aromatic amines is 1. The van der Waals surface area contributed by atoms with Gasteiger partial charge in [-0.15, -0.1) is 5.10 Å². The summed E-state index contributed by atoms with van der Waals surface area (Å²) in [6.45, 7) is 0. The van der Waals surface area contributed by atoms with Gasteiger partial charge in [-0.1, -0.05) is 36.0 Å². The largest absolute Gasteiger partial charge is 0.496 e. The van der Waals surface area contributed by atoms with Gasteiger partial charge in [0.15, 0.2) is 5.82 Å². The normalized spacial score (nSPS) is 10.3. The number of hydrogen-bond donors (Lipinski definition) is 1. The SMILES string of the molecule is COc1ccccc1-c1nc(SCc2cccc(C#N)c2)n[nH]1. The third-order valence-electron chi connectivity index (χ3n) is 3.25. The molecule has 5 nitrogen and oxygen atoms in total. The minimum atomic E-state index is 0.660. The Hall–Kier alpha value is -2.78. The molecule has 0 bridgehead atoms. The number of H-pyrrole nitrogens is 1. The highest BCUT2D eigenvalue weighted by Gasteiger charge is 2.10. The van der Waals surface area contributed by atoms with Crippen LogP contribution in [0, 0.1) is 11.3 Å². The van der Waals surface area contributed by atoms with Gasteiger partial charge in [-0.05, 0) is 29.8 Å². The van der Waals surface area contributed by atoms with E-state index in [0.29, 0.717) is 22.3 Å². The lowest BCUT2D eigenvalue weighted by Gasteiger charge is -2.04. The zero-order valence-corrected chi connectivity index (χ0v) is 13.3. The van der Waals surface area contributed by atoms with E-state index in [4.69, 9.17) is 10.00 Å². The summed E-state index contributed by atoms with van der Waals surface area (Å²) in [5, 5.41) is 16.8. The fourth-order valence-corrected chi connectivity index (χ4v) is 2.89. The number of nitrogens with zero attached hydrogens (tertiary/aromatic N) is 3. The summed E-state index contributed by atoms with van der Waals surface area (Å²) in [4.78, 5) is 4.50. The second-order valence-corrected chi connectivity index (χ2v) is 5.71. The molecule has 0 fully saturated rings. The van der Waals surface area contributed by atoms with Crippen molar-refractivity contribution in [3.8, 4) is 23.2 Å². The Labute approximate surface area is 138 Å². The van der Waals surface area contributed by atoms with Gasteiger partial charge in [0.2, 0.25) is 5.16 Å². The van der Waals surface area contributed by atoms with Gasteiger partial charge in [-0.2, -0.15) is 5.26 Å². The Bertz CT molecular complexity index is 854. The quantitative estimate of drug-likeness (QED) is 0.726. The van der Waals surface area contributed by atoms with Crippen molar-refractivity contribution in [3.05, 3.63) is 59.7 Å². The van der Waals surface area contributed by atoms with Gasteiger partial charge in [-0.3, -0.25) is 5.10 Å². The van der Waals surface area contributed by atoms with E-state index in [9.17, 15) is 0 Å². The van der Waals surface area contributed by atoms with E-state index in [-0.39, 0.29) is 0 Å². The van der Waals surface area contributed by atoms with Crippen molar-refractivity contribution in [1.82, 2.24) is 15.2 Å². The van der Waals surface area contributed by atoms with Gasteiger partial charge in [0.25, 0.3) is 0 Å². The van der Waals surface area contributed by atoms with Crippen molar-refractivity contribution in [3.63, 3.8) is 0 Å². The highest BCUT2D eigenvalue weighted by Crippen LogP contribution is 2.28. The predicted octanol–water partition coefficient (Wildman–Crippen LogP) is 3.64. The number of ether oxygens (including phenoxy) is 1. The first-order chi connectivity index (χ1) is 11.3. The molecule has 2 aromatic carbocycles. The number of methoxy groups -OCH3 is 1. The first-order valence-electron chi connectivity index (χ1n) is 6.98. The Morgan fingerprint density at radius 2 is 2.09 bits per heavy atom. The predicted molar refractivity (Wildman–Crippen MR) is 89.1 cm³/mol. The molecular weight excluding hydrogens is 308 g/mol. The second-order valence-electron chi connectivity index (χ2n) is 4.77. The fourth-order valence-electron chi connectivity index (χ4n) is 2.15. The van der Waals surface area contributed by atoms with Crippen LogP contribution in [0.4, 0.5) is 0 Å². The van der Waals surface area contributed by atoms with Crippen molar-refractivity contribution in [1.29, 1.82) is 5.26 Å². The number of benzene rings is 2. The molecule has 0 atom stereocenters. The summed E-state index contributed by atoms with van der Waals surface area (Å²) < 4.78 is 5.34. The molecule has 0 amide bonds. The molecule has 23 heavy (non-hydrogen) atoms. The number of aromatic nitrogens is 3. The van der Waals surface area contributed by atoms with Crippen LogP contribution >= 0.6 is 11.8 Å². The third-order valence-corrected chi connectivity index (χ3v) is 4.17. The van der Waals surface area contributed by atoms with E-state index in [1.54, 1.807) is 13.2 Å². The topological polar surface area (TPSA) is 74.6 Å². The zero-order chi connectivity index (χ0) is 16.1. The number of hydrogen-bond acceptors (Lipinski definition) is 5. The van der Waals surface area contributed by atoms with Gasteiger partial charge >= 0.3 is 0 Å². The summed E-state index contributed by atoms with van der Waals surface area (Å²) in [5.74, 6) is 2.14. The first-order valence-corrected chi connectivity index (χ1v) is 7.96. The van der Waals surface area contributed by atoms with E-state index >= 15 is 0 Å². The summed E-state index contributed by atoms with van der Waals surface area (Å²) in [5.41, 5.74) is 2.60. The number of rotatable bonds is 5. The zero-order valence-electron chi connectivity index (χ0n) is 12.5. The number of nitrogens with one attached hydrogen (secondary N) is 1. The monoisotopic (exact) mass is 322 g/mol. The van der Waals surface area contributed by atoms with Gasteiger partial charge < -0.3 is 4.74 Å². The molecule has 1 aromatic heterocycles. The molecule has 3 rings (SSSR count). The first kappa shape index (κ1) is 15.1. The van der Waals surface area contributed by atoms with Gasteiger partial charge in [0.05, 0.1) is 24.3 Å². The van der Waals surface area contributed by atoms with Crippen molar-refractivity contribution in [2.45, 2.75) is 10.9 Å². The molecule has 0 unspecified atom stereocenters. The lowest BCUT2D eigenvalue weighted by atomic mass is 10.2. The van der Waals surface area contributed by atoms with Gasteiger partial charge in [-0.25, -0.2) is 4.98 Å². The van der Waals surface area contributed by atoms with Crippen LogP contribution in [-0.2, 0) is 5.75 Å². The van der Waals surface area contributed by atoms with Crippen molar-refractivity contribution >= 4 is 11.8 Å². The summed E-state index contributed by atoms with van der Waals surface area (Å²) in [6, 6.07) is 17.3. The molecule has 0 spiro atoms. The van der Waals surface area contributed by atoms with Crippen LogP contribution in [-0.4, -0.2) is 22.3 Å². The number of nitriles is 1. The lowest BCUT2D eigenvalue weighted by molar-refractivity contribution is 0.416. The smallest absolute Gasteiger partial charge is 0.209 e. The molecule has 0 aliphatic heterocycles. The second kappa shape index (κ2) is 6.99. The van der Waals surface area contributed by atoms with Crippen molar-refractivity contribution < 1.29 is 4.74 Å². The van der Waals surface area contributed by atoms with E-state index in [2.05, 4.69) is 21.3 Å². The molecule has 114 valence electrons. The number of thioether (sulfide) groups is 1. The fraction of sp³-hybridized carbons (Fsp3) is 0.118. The number of para-hydroxylation sites is 1. The molecule has 0 aliphatic rings. The van der Waals surface area contributed by atoms with E-state index in [1.165, 1.54) is 11.8 Å². The van der Waals surface area contributed by atoms with E-state index in [0.717, 1.165) is 16.9 Å². The van der Waals surface area contributed by atoms with Crippen LogP contribution in [0.1, 0.15) is 11.1 Å². The maximum atomic E-state index is 8.93. The highest BCUT2D eigenvalue weighted by atomic mass is 32.2. The van der Waals surface area contributed by atoms with Crippen molar-refractivity contribution in [2.75, 3.05) is 7.11 Å². The molecule has 1 heterocycles. The summed E-state index contributed by atoms with van der Waals surface area (Å²) >= 11 is 1.52. The summed E-state index contributed by atoms with van der Waals surface area (Å²) in [6.07, 6.45) is 0. The Kier molecular flexibility index (Phi) is 4.60. The lowest BCUT2D eigenvalue weighted by Crippen LogP contribution is -1.88. The third kappa shape index (κ3) is 3.52. The Morgan fingerprint density at radius 1 is 1.22 bits per heavy atom. The molecule has 0 saturated carbocycles. The average molecular weight is 322 g/mol. The Balaban J connectivity index is 1.73. The molecule has 0 saturated heterocycles. The minimum absolute atomic E-state index is 0.660. The molecular formula is C17H14N4OS. The maximum Gasteiger partial charge on any atom is 0.209 e. The van der Waals surface area contributed by atoms with Crippen LogP contribution in [0.15, 0.2) is 53.7 Å². The molecule has 3 aromatic rings. The van der Waals surface area contributed by atoms with Crippen LogP contribution < -0.4 is 4.74 Å². The van der Waals surface area contributed by atoms with Gasteiger partial charge in [0, 0.05) is 5.75 Å². The summed E-state index contributed by atoms with van der Waals surface area (Å²) in [7, 11) is 1.63. The highest BCUT2D eigenvalue weighted by molar-refractivity contribution is 7.98. The van der Waals surface area contributed by atoms with E-state index in [1.807, 2.05) is 42.5 Å². The van der Waals surface area contributed by atoms with Crippen LogP contribution in [0.5, 0.6) is 5.75 Å². The van der Waals surface area contributed by atoms with Crippen molar-refractivity contribution in [2.24, 2.45) is 0 Å². The standard InChI is InChI=1S/C17H14N4OS/c1-22-15-8-3-2-7-14(15)16-19-17(21-20-16)23-11-13-6-4-5-12(9-13)10-18/h2-9H,11H2,1H3,(H,19,20,21). The van der Waals surface area contributed by atoms with Crippen LogP contribution in [0.25, 0.3) is 11.4 Å². The molecule has 1 N–H and O–H groups in total. The molecule has 0 radical (unpaired) electrons.